The molecular formula is C20H34N4O. The van der Waals surface area contributed by atoms with Crippen LogP contribution in [-0.4, -0.2) is 54.7 Å². The van der Waals surface area contributed by atoms with Crippen molar-refractivity contribution in [2.45, 2.75) is 51.7 Å². The normalized spacial score (nSPS) is 21.6. The maximum Gasteiger partial charge on any atom is 0.191 e. The molecular weight excluding hydrogens is 312 g/mol. The number of hydrogen-bond donors (Lipinski definition) is 3. The lowest BCUT2D eigenvalue weighted by molar-refractivity contribution is 0.0672. The van der Waals surface area contributed by atoms with Crippen molar-refractivity contribution >= 4 is 5.96 Å². The maximum atomic E-state index is 10.7. The average molecular weight is 347 g/mol. The van der Waals surface area contributed by atoms with E-state index in [4.69, 9.17) is 0 Å². The van der Waals surface area contributed by atoms with Crippen molar-refractivity contribution in [2.24, 2.45) is 4.99 Å². The third kappa shape index (κ3) is 6.33. The zero-order chi connectivity index (χ0) is 18.1. The van der Waals surface area contributed by atoms with E-state index < -0.39 is 5.60 Å². The van der Waals surface area contributed by atoms with Crippen LogP contribution >= 0.6 is 0 Å². The van der Waals surface area contributed by atoms with E-state index in [1.165, 1.54) is 25.8 Å². The fraction of sp³-hybridized carbons (Fsp3) is 0.650. The first-order chi connectivity index (χ1) is 12.0. The molecule has 0 bridgehead atoms. The quantitative estimate of drug-likeness (QED) is 0.524. The largest absolute Gasteiger partial charge is 0.384 e. The topological polar surface area (TPSA) is 59.9 Å². The van der Waals surface area contributed by atoms with Crippen molar-refractivity contribution in [2.75, 3.05) is 32.7 Å². The second-order valence-corrected chi connectivity index (χ2v) is 7.14. The van der Waals surface area contributed by atoms with Crippen molar-refractivity contribution in [3.8, 4) is 0 Å². The molecule has 0 spiro atoms. The summed E-state index contributed by atoms with van der Waals surface area (Å²) in [5.41, 5.74) is -0.0814. The van der Waals surface area contributed by atoms with Crippen LogP contribution in [0.4, 0.5) is 0 Å². The highest BCUT2D eigenvalue weighted by Gasteiger charge is 2.22. The lowest BCUT2D eigenvalue weighted by Gasteiger charge is -2.33. The molecule has 1 aromatic carbocycles. The molecule has 0 aromatic heterocycles. The summed E-state index contributed by atoms with van der Waals surface area (Å²) in [6.07, 6.45) is 3.95. The van der Waals surface area contributed by atoms with E-state index >= 15 is 0 Å². The highest BCUT2D eigenvalue weighted by Crippen LogP contribution is 2.20. The number of rotatable bonds is 7. The first-order valence-corrected chi connectivity index (χ1v) is 9.57. The van der Waals surface area contributed by atoms with Gasteiger partial charge < -0.3 is 15.7 Å². The van der Waals surface area contributed by atoms with Crippen LogP contribution in [0.15, 0.2) is 35.3 Å². The van der Waals surface area contributed by atoms with Gasteiger partial charge in [-0.3, -0.25) is 4.90 Å². The van der Waals surface area contributed by atoms with Crippen LogP contribution in [0, 0.1) is 0 Å². The Morgan fingerprint density at radius 3 is 2.72 bits per heavy atom. The molecule has 0 radical (unpaired) electrons. The van der Waals surface area contributed by atoms with Gasteiger partial charge in [-0.2, -0.15) is 0 Å². The Morgan fingerprint density at radius 1 is 1.28 bits per heavy atom. The number of aliphatic hydroxyl groups is 1. The standard InChI is InChI=1S/C20H34N4O/c1-4-21-19(22-13-15-24-14-9-8-10-17(24)2)23-16-20(3,25)18-11-6-5-7-12-18/h5-7,11-12,17,25H,4,8-10,13-16H2,1-3H3,(H2,21,22,23). The number of nitrogens with zero attached hydrogens (tertiary/aromatic N) is 2. The highest BCUT2D eigenvalue weighted by atomic mass is 16.3. The van der Waals surface area contributed by atoms with Gasteiger partial charge in [-0.1, -0.05) is 36.8 Å². The molecule has 3 N–H and O–H groups in total. The highest BCUT2D eigenvalue weighted by molar-refractivity contribution is 5.79. The zero-order valence-corrected chi connectivity index (χ0v) is 16.0. The van der Waals surface area contributed by atoms with Crippen LogP contribution in [0.2, 0.25) is 0 Å². The molecule has 0 amide bonds. The van der Waals surface area contributed by atoms with Gasteiger partial charge in [-0.25, -0.2) is 4.99 Å². The third-order valence-electron chi connectivity index (χ3n) is 4.92. The van der Waals surface area contributed by atoms with E-state index in [9.17, 15) is 5.11 Å². The van der Waals surface area contributed by atoms with Crippen LogP contribution in [0.5, 0.6) is 0 Å². The Balaban J connectivity index is 1.87. The maximum absolute atomic E-state index is 10.7. The Morgan fingerprint density at radius 2 is 2.04 bits per heavy atom. The molecule has 2 rings (SSSR count). The van der Waals surface area contributed by atoms with Gasteiger partial charge in [0.1, 0.15) is 5.60 Å². The van der Waals surface area contributed by atoms with Gasteiger partial charge in [0.2, 0.25) is 0 Å². The van der Waals surface area contributed by atoms with E-state index in [2.05, 4.69) is 34.4 Å². The first kappa shape index (κ1) is 19.7. The monoisotopic (exact) mass is 346 g/mol. The SMILES string of the molecule is CCNC(=NCC(C)(O)c1ccccc1)NCCN1CCCCC1C. The molecule has 2 atom stereocenters. The van der Waals surface area contributed by atoms with Gasteiger partial charge in [0.05, 0.1) is 6.54 Å². The van der Waals surface area contributed by atoms with Gasteiger partial charge >= 0.3 is 0 Å². The van der Waals surface area contributed by atoms with Gasteiger partial charge in [-0.05, 0) is 45.7 Å². The molecule has 5 nitrogen and oxygen atoms in total. The van der Waals surface area contributed by atoms with Crippen LogP contribution < -0.4 is 10.6 Å². The molecule has 1 aliphatic heterocycles. The van der Waals surface area contributed by atoms with Gasteiger partial charge in [0.25, 0.3) is 0 Å². The number of guanidine groups is 1. The van der Waals surface area contributed by atoms with Crippen molar-refractivity contribution in [1.82, 2.24) is 15.5 Å². The summed E-state index contributed by atoms with van der Waals surface area (Å²) in [7, 11) is 0. The van der Waals surface area contributed by atoms with Gasteiger partial charge in [0.15, 0.2) is 5.96 Å². The minimum absolute atomic E-state index is 0.326. The predicted octanol–water partition coefficient (Wildman–Crippen LogP) is 2.32. The van der Waals surface area contributed by atoms with E-state index in [-0.39, 0.29) is 0 Å². The molecule has 1 heterocycles. The number of nitrogens with one attached hydrogen (secondary N) is 2. The zero-order valence-electron chi connectivity index (χ0n) is 16.0. The molecule has 1 fully saturated rings. The molecule has 25 heavy (non-hydrogen) atoms. The third-order valence-corrected chi connectivity index (χ3v) is 4.92. The first-order valence-electron chi connectivity index (χ1n) is 9.57. The van der Waals surface area contributed by atoms with E-state index in [0.717, 1.165) is 31.2 Å². The number of hydrogen-bond acceptors (Lipinski definition) is 3. The molecule has 2 unspecified atom stereocenters. The second kappa shape index (κ2) is 9.78. The Hall–Kier alpha value is -1.59. The smallest absolute Gasteiger partial charge is 0.191 e. The minimum Gasteiger partial charge on any atom is -0.384 e. The summed E-state index contributed by atoms with van der Waals surface area (Å²) in [6, 6.07) is 10.4. The minimum atomic E-state index is -0.967. The molecule has 0 aliphatic carbocycles. The Bertz CT molecular complexity index is 530. The average Bonchev–Trinajstić information content (AvgIpc) is 2.62. The fourth-order valence-corrected chi connectivity index (χ4v) is 3.27. The molecule has 1 saturated heterocycles. The van der Waals surface area contributed by atoms with E-state index in [0.29, 0.717) is 12.6 Å². The van der Waals surface area contributed by atoms with Crippen molar-refractivity contribution in [1.29, 1.82) is 0 Å². The van der Waals surface area contributed by atoms with Crippen molar-refractivity contribution < 1.29 is 5.11 Å². The molecule has 140 valence electrons. The summed E-state index contributed by atoms with van der Waals surface area (Å²) in [4.78, 5) is 7.13. The fourth-order valence-electron chi connectivity index (χ4n) is 3.27. The number of piperidine rings is 1. The summed E-state index contributed by atoms with van der Waals surface area (Å²) in [5.74, 6) is 0.767. The number of likely N-dealkylation sites (tertiary alicyclic amines) is 1. The van der Waals surface area contributed by atoms with Crippen molar-refractivity contribution in [3.63, 3.8) is 0 Å². The van der Waals surface area contributed by atoms with E-state index in [1.807, 2.05) is 37.3 Å². The lowest BCUT2D eigenvalue weighted by Crippen LogP contribution is -2.45. The molecule has 1 aliphatic rings. The molecule has 1 aromatic rings. The Labute approximate surface area is 152 Å². The van der Waals surface area contributed by atoms with Crippen LogP contribution in [0.1, 0.15) is 45.6 Å². The van der Waals surface area contributed by atoms with Crippen LogP contribution in [-0.2, 0) is 5.60 Å². The van der Waals surface area contributed by atoms with Gasteiger partial charge in [-0.15, -0.1) is 0 Å². The van der Waals surface area contributed by atoms with Crippen LogP contribution in [0.3, 0.4) is 0 Å². The van der Waals surface area contributed by atoms with Crippen molar-refractivity contribution in [3.05, 3.63) is 35.9 Å². The van der Waals surface area contributed by atoms with E-state index in [1.54, 1.807) is 0 Å². The molecule has 5 heteroatoms. The van der Waals surface area contributed by atoms with Crippen LogP contribution in [0.25, 0.3) is 0 Å². The Kier molecular flexibility index (Phi) is 7.72. The lowest BCUT2D eigenvalue weighted by atomic mass is 9.96. The second-order valence-electron chi connectivity index (χ2n) is 7.14. The predicted molar refractivity (Wildman–Crippen MR) is 105 cm³/mol. The molecule has 0 saturated carbocycles. The summed E-state index contributed by atoms with van der Waals surface area (Å²) in [6.45, 7) is 10.4. The number of aliphatic imine (C=N–C) groups is 1. The summed E-state index contributed by atoms with van der Waals surface area (Å²) in [5, 5.41) is 17.4. The summed E-state index contributed by atoms with van der Waals surface area (Å²) < 4.78 is 0. The van der Waals surface area contributed by atoms with Gasteiger partial charge in [0, 0.05) is 25.7 Å². The number of benzene rings is 1. The summed E-state index contributed by atoms with van der Waals surface area (Å²) >= 11 is 0.